The van der Waals surface area contributed by atoms with Gasteiger partial charge in [0.15, 0.2) is 0 Å². The van der Waals surface area contributed by atoms with Gasteiger partial charge in [-0.3, -0.25) is 9.59 Å². The van der Waals surface area contributed by atoms with Gasteiger partial charge in [-0.25, -0.2) is 0 Å². The standard InChI is InChI=1S/C17H18O4/c1-9(19)21-17-14-7-13(16(17)20-8-18)12-6-10-4-2-3-5-11(10)15(12)14/h2-5,8,12-17H,6-7H2,1H3. The molecule has 2 saturated carbocycles. The predicted molar refractivity (Wildman–Crippen MR) is 74.5 cm³/mol. The van der Waals surface area contributed by atoms with E-state index in [1.165, 1.54) is 18.1 Å². The molecule has 6 unspecified atom stereocenters. The number of rotatable bonds is 3. The molecule has 1 aromatic carbocycles. The first-order chi connectivity index (χ1) is 10.2. The van der Waals surface area contributed by atoms with Gasteiger partial charge in [0.05, 0.1) is 0 Å². The summed E-state index contributed by atoms with van der Waals surface area (Å²) >= 11 is 0. The van der Waals surface area contributed by atoms with Gasteiger partial charge in [0.25, 0.3) is 6.47 Å². The summed E-state index contributed by atoms with van der Waals surface area (Å²) in [7, 11) is 0. The Morgan fingerprint density at radius 2 is 2.00 bits per heavy atom. The lowest BCUT2D eigenvalue weighted by Crippen LogP contribution is -2.43. The molecule has 3 aliphatic carbocycles. The van der Waals surface area contributed by atoms with Gasteiger partial charge in [-0.2, -0.15) is 0 Å². The number of benzene rings is 1. The van der Waals surface area contributed by atoms with Crippen molar-refractivity contribution in [1.82, 2.24) is 0 Å². The maximum absolute atomic E-state index is 11.4. The van der Waals surface area contributed by atoms with Crippen LogP contribution in [0.25, 0.3) is 0 Å². The fraction of sp³-hybridized carbons (Fsp3) is 0.529. The minimum atomic E-state index is -0.296. The highest BCUT2D eigenvalue weighted by molar-refractivity contribution is 5.66. The molecule has 110 valence electrons. The Kier molecular flexibility index (Phi) is 2.81. The number of carbonyl (C=O) groups is 2. The first-order valence-electron chi connectivity index (χ1n) is 7.55. The van der Waals surface area contributed by atoms with Crippen molar-refractivity contribution in [1.29, 1.82) is 0 Å². The number of esters is 1. The van der Waals surface area contributed by atoms with E-state index in [0.29, 0.717) is 24.2 Å². The van der Waals surface area contributed by atoms with E-state index in [4.69, 9.17) is 9.47 Å². The molecule has 0 aliphatic heterocycles. The van der Waals surface area contributed by atoms with Gasteiger partial charge >= 0.3 is 5.97 Å². The molecule has 0 radical (unpaired) electrons. The molecule has 6 atom stereocenters. The molecule has 0 N–H and O–H groups in total. The van der Waals surface area contributed by atoms with Gasteiger partial charge in [-0.1, -0.05) is 24.3 Å². The van der Waals surface area contributed by atoms with Crippen LogP contribution in [0.3, 0.4) is 0 Å². The summed E-state index contributed by atoms with van der Waals surface area (Å²) in [6.45, 7) is 1.92. The monoisotopic (exact) mass is 286 g/mol. The summed E-state index contributed by atoms with van der Waals surface area (Å²) in [6, 6.07) is 8.53. The third kappa shape index (κ3) is 1.74. The topological polar surface area (TPSA) is 52.6 Å². The first-order valence-corrected chi connectivity index (χ1v) is 7.55. The summed E-state index contributed by atoms with van der Waals surface area (Å²) in [6.07, 6.45) is 1.48. The highest BCUT2D eigenvalue weighted by Crippen LogP contribution is 2.62. The summed E-state index contributed by atoms with van der Waals surface area (Å²) in [5, 5.41) is 0. The maximum atomic E-state index is 11.4. The largest absolute Gasteiger partial charge is 0.460 e. The minimum Gasteiger partial charge on any atom is -0.460 e. The van der Waals surface area contributed by atoms with E-state index in [1.54, 1.807) is 0 Å². The van der Waals surface area contributed by atoms with Crippen LogP contribution in [-0.2, 0) is 25.5 Å². The van der Waals surface area contributed by atoms with Crippen molar-refractivity contribution in [3.8, 4) is 0 Å². The van der Waals surface area contributed by atoms with Crippen LogP contribution in [0.2, 0.25) is 0 Å². The van der Waals surface area contributed by atoms with Crippen LogP contribution in [0.1, 0.15) is 30.4 Å². The highest BCUT2D eigenvalue weighted by Gasteiger charge is 2.62. The van der Waals surface area contributed by atoms with Crippen molar-refractivity contribution in [2.75, 3.05) is 0 Å². The average molecular weight is 286 g/mol. The SMILES string of the molecule is CC(=O)OC1C2CC(C3Cc4ccccc4C32)C1OC=O. The molecular weight excluding hydrogens is 268 g/mol. The van der Waals surface area contributed by atoms with Crippen LogP contribution in [0, 0.1) is 17.8 Å². The number of hydrogen-bond acceptors (Lipinski definition) is 4. The number of carbonyl (C=O) groups excluding carboxylic acids is 2. The van der Waals surface area contributed by atoms with E-state index in [1.807, 2.05) is 0 Å². The molecule has 3 aliphatic rings. The van der Waals surface area contributed by atoms with Crippen LogP contribution in [0.5, 0.6) is 0 Å². The summed E-state index contributed by atoms with van der Waals surface area (Å²) in [4.78, 5) is 22.2. The predicted octanol–water partition coefficient (Wildman–Crippen LogP) is 2.07. The lowest BCUT2D eigenvalue weighted by atomic mass is 9.76. The van der Waals surface area contributed by atoms with E-state index in [0.717, 1.165) is 12.8 Å². The molecular formula is C17H18O4. The van der Waals surface area contributed by atoms with Gasteiger partial charge in [0, 0.05) is 18.8 Å². The Hall–Kier alpha value is -1.84. The van der Waals surface area contributed by atoms with Crippen LogP contribution < -0.4 is 0 Å². The zero-order valence-electron chi connectivity index (χ0n) is 11.9. The fourth-order valence-corrected chi connectivity index (χ4v) is 5.05. The summed E-state index contributed by atoms with van der Waals surface area (Å²) in [5.74, 6) is 1.25. The van der Waals surface area contributed by atoms with Crippen LogP contribution in [0.4, 0.5) is 0 Å². The molecule has 4 heteroatoms. The number of ether oxygens (including phenoxy) is 2. The Bertz CT molecular complexity index is 596. The van der Waals surface area contributed by atoms with Crippen molar-refractivity contribution in [2.45, 2.75) is 37.9 Å². The molecule has 0 heterocycles. The van der Waals surface area contributed by atoms with Gasteiger partial charge in [-0.05, 0) is 35.8 Å². The zero-order chi connectivity index (χ0) is 14.6. The van der Waals surface area contributed by atoms with E-state index in [-0.39, 0.29) is 24.1 Å². The van der Waals surface area contributed by atoms with Crippen molar-refractivity contribution in [3.05, 3.63) is 35.4 Å². The second kappa shape index (κ2) is 4.58. The molecule has 0 saturated heterocycles. The Labute approximate surface area is 123 Å². The van der Waals surface area contributed by atoms with Crippen LogP contribution >= 0.6 is 0 Å². The minimum absolute atomic E-state index is 0.271. The van der Waals surface area contributed by atoms with Gasteiger partial charge in [-0.15, -0.1) is 0 Å². The van der Waals surface area contributed by atoms with E-state index in [9.17, 15) is 9.59 Å². The van der Waals surface area contributed by atoms with Crippen molar-refractivity contribution < 1.29 is 19.1 Å². The van der Waals surface area contributed by atoms with Crippen LogP contribution in [-0.4, -0.2) is 24.6 Å². The second-order valence-electron chi connectivity index (χ2n) is 6.43. The molecule has 4 nitrogen and oxygen atoms in total. The fourth-order valence-electron chi connectivity index (χ4n) is 5.05. The quantitative estimate of drug-likeness (QED) is 0.630. The lowest BCUT2D eigenvalue weighted by Gasteiger charge is -2.36. The Balaban J connectivity index is 1.70. The van der Waals surface area contributed by atoms with Gasteiger partial charge < -0.3 is 9.47 Å². The summed E-state index contributed by atoms with van der Waals surface area (Å²) in [5.41, 5.74) is 2.80. The molecule has 0 spiro atoms. The molecule has 1 aromatic rings. The summed E-state index contributed by atoms with van der Waals surface area (Å²) < 4.78 is 10.8. The van der Waals surface area contributed by atoms with Crippen molar-refractivity contribution in [2.24, 2.45) is 17.8 Å². The highest BCUT2D eigenvalue weighted by atomic mass is 16.6. The third-order valence-corrected chi connectivity index (χ3v) is 5.57. The maximum Gasteiger partial charge on any atom is 0.303 e. The van der Waals surface area contributed by atoms with Crippen molar-refractivity contribution >= 4 is 12.4 Å². The van der Waals surface area contributed by atoms with Gasteiger partial charge in [0.2, 0.25) is 0 Å². The van der Waals surface area contributed by atoms with E-state index < -0.39 is 0 Å². The molecule has 21 heavy (non-hydrogen) atoms. The average Bonchev–Trinajstić information content (AvgIpc) is 3.08. The second-order valence-corrected chi connectivity index (χ2v) is 6.43. The van der Waals surface area contributed by atoms with E-state index >= 15 is 0 Å². The van der Waals surface area contributed by atoms with Crippen molar-refractivity contribution in [3.63, 3.8) is 0 Å². The lowest BCUT2D eigenvalue weighted by molar-refractivity contribution is -0.166. The smallest absolute Gasteiger partial charge is 0.303 e. The zero-order valence-corrected chi connectivity index (χ0v) is 11.9. The molecule has 2 bridgehead atoms. The molecule has 0 aromatic heterocycles. The van der Waals surface area contributed by atoms with Gasteiger partial charge in [0.1, 0.15) is 12.2 Å². The number of fused-ring (bicyclic) bond motifs is 7. The normalized spacial score (nSPS) is 38.7. The van der Waals surface area contributed by atoms with E-state index in [2.05, 4.69) is 24.3 Å². The van der Waals surface area contributed by atoms with Crippen LogP contribution in [0.15, 0.2) is 24.3 Å². The number of hydrogen-bond donors (Lipinski definition) is 0. The Morgan fingerprint density at radius 1 is 1.19 bits per heavy atom. The first kappa shape index (κ1) is 12.9. The molecule has 4 rings (SSSR count). The Morgan fingerprint density at radius 3 is 2.76 bits per heavy atom. The molecule has 2 fully saturated rings. The third-order valence-electron chi connectivity index (χ3n) is 5.57. The molecule has 0 amide bonds.